The number of benzene rings is 1. The standard InChI is InChI=1S/C15H22N2O/c1-11-8-14(17-7-6-15(18)10-17)5-2-12(11)9-16-13-3-4-13/h2,5,8,13,15-16,18H,3-4,6-7,9-10H2,1H3. The molecule has 1 heterocycles. The molecule has 1 unspecified atom stereocenters. The number of nitrogens with one attached hydrogen (secondary N) is 1. The van der Waals surface area contributed by atoms with E-state index in [1.165, 1.54) is 29.7 Å². The van der Waals surface area contributed by atoms with Crippen LogP contribution in [0.3, 0.4) is 0 Å². The molecule has 0 radical (unpaired) electrons. The van der Waals surface area contributed by atoms with E-state index in [-0.39, 0.29) is 6.10 Å². The van der Waals surface area contributed by atoms with Crippen LogP contribution in [0.15, 0.2) is 18.2 Å². The van der Waals surface area contributed by atoms with Crippen LogP contribution in [-0.4, -0.2) is 30.3 Å². The summed E-state index contributed by atoms with van der Waals surface area (Å²) >= 11 is 0. The van der Waals surface area contributed by atoms with Crippen molar-refractivity contribution in [3.8, 4) is 0 Å². The molecule has 0 spiro atoms. The third-order valence-electron chi connectivity index (χ3n) is 4.01. The molecule has 1 saturated heterocycles. The minimum Gasteiger partial charge on any atom is -0.391 e. The van der Waals surface area contributed by atoms with Gasteiger partial charge in [0.05, 0.1) is 6.10 Å². The molecule has 3 heteroatoms. The molecule has 2 aliphatic rings. The Morgan fingerprint density at radius 2 is 2.17 bits per heavy atom. The number of β-amino-alcohol motifs (C(OH)–C–C–N with tert-alkyl or cyclic N) is 1. The fourth-order valence-electron chi connectivity index (χ4n) is 2.59. The van der Waals surface area contributed by atoms with Crippen LogP contribution in [0, 0.1) is 6.92 Å². The highest BCUT2D eigenvalue weighted by atomic mass is 16.3. The van der Waals surface area contributed by atoms with Gasteiger partial charge in [-0.05, 0) is 49.4 Å². The summed E-state index contributed by atoms with van der Waals surface area (Å²) in [6, 6.07) is 7.43. The lowest BCUT2D eigenvalue weighted by Gasteiger charge is -2.19. The van der Waals surface area contributed by atoms with E-state index >= 15 is 0 Å². The fraction of sp³-hybridized carbons (Fsp3) is 0.600. The first kappa shape index (κ1) is 12.0. The zero-order valence-electron chi connectivity index (χ0n) is 11.0. The van der Waals surface area contributed by atoms with Crippen molar-refractivity contribution in [2.75, 3.05) is 18.0 Å². The van der Waals surface area contributed by atoms with E-state index in [4.69, 9.17) is 0 Å². The smallest absolute Gasteiger partial charge is 0.0731 e. The molecule has 98 valence electrons. The Kier molecular flexibility index (Phi) is 3.27. The molecule has 2 N–H and O–H groups in total. The third kappa shape index (κ3) is 2.68. The minimum absolute atomic E-state index is 0.151. The fourth-order valence-corrected chi connectivity index (χ4v) is 2.59. The number of rotatable bonds is 4. The summed E-state index contributed by atoms with van der Waals surface area (Å²) in [5.41, 5.74) is 3.99. The van der Waals surface area contributed by atoms with Crippen molar-refractivity contribution < 1.29 is 5.11 Å². The molecule has 1 saturated carbocycles. The van der Waals surface area contributed by atoms with E-state index in [9.17, 15) is 5.11 Å². The van der Waals surface area contributed by atoms with E-state index in [2.05, 4.69) is 35.3 Å². The predicted octanol–water partition coefficient (Wildman–Crippen LogP) is 1.82. The summed E-state index contributed by atoms with van der Waals surface area (Å²) < 4.78 is 0. The maximum absolute atomic E-state index is 9.59. The van der Waals surface area contributed by atoms with E-state index in [0.29, 0.717) is 0 Å². The second kappa shape index (κ2) is 4.90. The maximum atomic E-state index is 9.59. The monoisotopic (exact) mass is 246 g/mol. The van der Waals surface area contributed by atoms with Crippen molar-refractivity contribution in [1.29, 1.82) is 0 Å². The average molecular weight is 246 g/mol. The van der Waals surface area contributed by atoms with Gasteiger partial charge in [0, 0.05) is 31.4 Å². The Morgan fingerprint density at radius 1 is 1.33 bits per heavy atom. The molecule has 0 amide bonds. The van der Waals surface area contributed by atoms with Gasteiger partial charge in [-0.2, -0.15) is 0 Å². The topological polar surface area (TPSA) is 35.5 Å². The van der Waals surface area contributed by atoms with Crippen molar-refractivity contribution in [2.45, 2.75) is 44.9 Å². The van der Waals surface area contributed by atoms with Gasteiger partial charge >= 0.3 is 0 Å². The lowest BCUT2D eigenvalue weighted by Crippen LogP contribution is -2.21. The number of aliphatic hydroxyl groups is 1. The molecule has 1 aliphatic heterocycles. The number of anilines is 1. The number of aryl methyl sites for hydroxylation is 1. The van der Waals surface area contributed by atoms with Gasteiger partial charge in [-0.15, -0.1) is 0 Å². The van der Waals surface area contributed by atoms with Gasteiger partial charge in [0.1, 0.15) is 0 Å². The summed E-state index contributed by atoms with van der Waals surface area (Å²) in [6.07, 6.45) is 3.41. The van der Waals surface area contributed by atoms with Gasteiger partial charge in [0.15, 0.2) is 0 Å². The maximum Gasteiger partial charge on any atom is 0.0731 e. The van der Waals surface area contributed by atoms with Crippen molar-refractivity contribution in [2.24, 2.45) is 0 Å². The molecule has 1 aromatic carbocycles. The van der Waals surface area contributed by atoms with Gasteiger partial charge < -0.3 is 15.3 Å². The molecular formula is C15H22N2O. The summed E-state index contributed by atoms with van der Waals surface area (Å²) in [5.74, 6) is 0. The van der Waals surface area contributed by atoms with Crippen LogP contribution in [0.2, 0.25) is 0 Å². The Morgan fingerprint density at radius 3 is 2.78 bits per heavy atom. The molecule has 3 nitrogen and oxygen atoms in total. The number of aliphatic hydroxyl groups excluding tert-OH is 1. The molecule has 1 aliphatic carbocycles. The van der Waals surface area contributed by atoms with Crippen molar-refractivity contribution in [1.82, 2.24) is 5.32 Å². The zero-order chi connectivity index (χ0) is 12.5. The van der Waals surface area contributed by atoms with Gasteiger partial charge in [0.2, 0.25) is 0 Å². The molecule has 18 heavy (non-hydrogen) atoms. The Labute approximate surface area is 109 Å². The summed E-state index contributed by atoms with van der Waals surface area (Å²) in [7, 11) is 0. The third-order valence-corrected chi connectivity index (χ3v) is 4.01. The van der Waals surface area contributed by atoms with E-state index in [1.54, 1.807) is 0 Å². The van der Waals surface area contributed by atoms with Crippen molar-refractivity contribution in [3.05, 3.63) is 29.3 Å². The lowest BCUT2D eigenvalue weighted by molar-refractivity contribution is 0.198. The summed E-state index contributed by atoms with van der Waals surface area (Å²) in [6.45, 7) is 4.92. The van der Waals surface area contributed by atoms with E-state index in [1.807, 2.05) is 0 Å². The Bertz CT molecular complexity index is 429. The molecule has 0 bridgehead atoms. The number of hydrogen-bond donors (Lipinski definition) is 2. The number of hydrogen-bond acceptors (Lipinski definition) is 3. The second-order valence-electron chi connectivity index (χ2n) is 5.65. The van der Waals surface area contributed by atoms with Crippen molar-refractivity contribution >= 4 is 5.69 Å². The van der Waals surface area contributed by atoms with Crippen LogP contribution in [0.1, 0.15) is 30.4 Å². The summed E-state index contributed by atoms with van der Waals surface area (Å²) in [5, 5.41) is 13.1. The molecule has 1 aromatic rings. The van der Waals surface area contributed by atoms with Crippen LogP contribution in [0.25, 0.3) is 0 Å². The predicted molar refractivity (Wildman–Crippen MR) is 73.9 cm³/mol. The normalized spacial score (nSPS) is 23.7. The van der Waals surface area contributed by atoms with Gasteiger partial charge in [-0.3, -0.25) is 0 Å². The summed E-state index contributed by atoms with van der Waals surface area (Å²) in [4.78, 5) is 2.27. The zero-order valence-corrected chi connectivity index (χ0v) is 11.0. The first-order valence-corrected chi connectivity index (χ1v) is 6.98. The molecule has 0 aromatic heterocycles. The van der Waals surface area contributed by atoms with E-state index in [0.717, 1.165) is 32.1 Å². The minimum atomic E-state index is -0.151. The first-order valence-electron chi connectivity index (χ1n) is 6.98. The van der Waals surface area contributed by atoms with Crippen LogP contribution in [0.5, 0.6) is 0 Å². The van der Waals surface area contributed by atoms with Crippen LogP contribution >= 0.6 is 0 Å². The van der Waals surface area contributed by atoms with Crippen LogP contribution in [-0.2, 0) is 6.54 Å². The highest BCUT2D eigenvalue weighted by Gasteiger charge is 2.22. The average Bonchev–Trinajstić information content (AvgIpc) is 3.08. The van der Waals surface area contributed by atoms with E-state index < -0.39 is 0 Å². The van der Waals surface area contributed by atoms with Gasteiger partial charge in [0.25, 0.3) is 0 Å². The Hall–Kier alpha value is -1.06. The Balaban J connectivity index is 1.67. The molecule has 1 atom stereocenters. The number of nitrogens with zero attached hydrogens (tertiary/aromatic N) is 1. The molecule has 3 rings (SSSR count). The largest absolute Gasteiger partial charge is 0.391 e. The quantitative estimate of drug-likeness (QED) is 0.850. The highest BCUT2D eigenvalue weighted by Crippen LogP contribution is 2.24. The van der Waals surface area contributed by atoms with Crippen LogP contribution < -0.4 is 10.2 Å². The highest BCUT2D eigenvalue weighted by molar-refractivity contribution is 5.51. The first-order chi connectivity index (χ1) is 8.72. The van der Waals surface area contributed by atoms with Gasteiger partial charge in [-0.25, -0.2) is 0 Å². The van der Waals surface area contributed by atoms with Crippen molar-refractivity contribution in [3.63, 3.8) is 0 Å². The SMILES string of the molecule is Cc1cc(N2CCC(O)C2)ccc1CNC1CC1. The molecular weight excluding hydrogens is 224 g/mol. The second-order valence-corrected chi connectivity index (χ2v) is 5.65. The molecule has 2 fully saturated rings. The lowest BCUT2D eigenvalue weighted by atomic mass is 10.1. The van der Waals surface area contributed by atoms with Crippen LogP contribution in [0.4, 0.5) is 5.69 Å². The van der Waals surface area contributed by atoms with Gasteiger partial charge in [-0.1, -0.05) is 6.07 Å².